The lowest BCUT2D eigenvalue weighted by atomic mass is 10.1. The molecule has 0 spiro atoms. The van der Waals surface area contributed by atoms with E-state index in [4.69, 9.17) is 10.3 Å². The van der Waals surface area contributed by atoms with E-state index in [1.165, 1.54) is 6.07 Å². The number of rotatable bonds is 2. The van der Waals surface area contributed by atoms with Crippen molar-refractivity contribution in [2.24, 2.45) is 5.73 Å². The Morgan fingerprint density at radius 3 is 2.72 bits per heavy atom. The first-order valence-corrected chi connectivity index (χ1v) is 5.48. The number of nitrogens with zero attached hydrogens (tertiary/aromatic N) is 2. The predicted octanol–water partition coefficient (Wildman–Crippen LogP) is 2.55. The molecule has 1 aliphatic carbocycles. The van der Waals surface area contributed by atoms with E-state index in [1.54, 1.807) is 19.1 Å². The van der Waals surface area contributed by atoms with Gasteiger partial charge in [0.1, 0.15) is 5.82 Å². The van der Waals surface area contributed by atoms with Gasteiger partial charge in [0.05, 0.1) is 5.54 Å². The molecule has 0 aliphatic heterocycles. The van der Waals surface area contributed by atoms with Gasteiger partial charge in [0, 0.05) is 5.56 Å². The zero-order chi connectivity index (χ0) is 12.0. The molecule has 2 aromatic rings. The maximum Gasteiger partial charge on any atom is 0.247 e. The van der Waals surface area contributed by atoms with Crippen LogP contribution in [0.15, 0.2) is 22.7 Å². The summed E-state index contributed by atoms with van der Waals surface area (Å²) in [5, 5.41) is 3.83. The number of benzene rings is 1. The van der Waals surface area contributed by atoms with Gasteiger partial charge in [-0.3, -0.25) is 0 Å². The van der Waals surface area contributed by atoms with E-state index in [2.05, 4.69) is 10.1 Å². The first kappa shape index (κ1) is 13.0. The summed E-state index contributed by atoms with van der Waals surface area (Å²) in [5.41, 5.74) is 6.69. The first-order valence-electron chi connectivity index (χ1n) is 5.48. The average Bonchev–Trinajstić information content (AvgIpc) is 2.88. The number of hydrogen-bond donors (Lipinski definition) is 1. The van der Waals surface area contributed by atoms with Crippen LogP contribution in [0.4, 0.5) is 4.39 Å². The van der Waals surface area contributed by atoms with Crippen LogP contribution in [-0.2, 0) is 5.54 Å². The van der Waals surface area contributed by atoms with Crippen molar-refractivity contribution in [3.05, 3.63) is 35.5 Å². The Hall–Kier alpha value is -1.46. The minimum atomic E-state index is -0.450. The first-order chi connectivity index (χ1) is 8.08. The van der Waals surface area contributed by atoms with Gasteiger partial charge < -0.3 is 10.3 Å². The Morgan fingerprint density at radius 2 is 2.11 bits per heavy atom. The Balaban J connectivity index is 0.00000120. The van der Waals surface area contributed by atoms with Gasteiger partial charge in [-0.25, -0.2) is 4.39 Å². The molecule has 6 heteroatoms. The van der Waals surface area contributed by atoms with E-state index in [0.29, 0.717) is 22.8 Å². The number of halogens is 2. The second-order valence-corrected chi connectivity index (χ2v) is 4.54. The van der Waals surface area contributed by atoms with Gasteiger partial charge in [0.15, 0.2) is 0 Å². The van der Waals surface area contributed by atoms with Gasteiger partial charge >= 0.3 is 0 Å². The highest BCUT2D eigenvalue weighted by Gasteiger charge is 2.45. The van der Waals surface area contributed by atoms with E-state index >= 15 is 0 Å². The van der Waals surface area contributed by atoms with Crippen LogP contribution in [0.2, 0.25) is 0 Å². The molecule has 0 atom stereocenters. The molecule has 1 saturated carbocycles. The molecule has 0 unspecified atom stereocenters. The fourth-order valence-corrected chi connectivity index (χ4v) is 1.62. The molecule has 3 rings (SSSR count). The lowest BCUT2D eigenvalue weighted by molar-refractivity contribution is 0.348. The second kappa shape index (κ2) is 4.33. The van der Waals surface area contributed by atoms with Gasteiger partial charge in [0.25, 0.3) is 0 Å². The van der Waals surface area contributed by atoms with Crippen molar-refractivity contribution in [1.29, 1.82) is 0 Å². The largest absolute Gasteiger partial charge is 0.337 e. The summed E-state index contributed by atoms with van der Waals surface area (Å²) in [6.45, 7) is 1.71. The van der Waals surface area contributed by atoms with Crippen LogP contribution in [0.1, 0.15) is 24.3 Å². The molecule has 96 valence electrons. The third kappa shape index (κ3) is 2.11. The monoisotopic (exact) mass is 269 g/mol. The van der Waals surface area contributed by atoms with Gasteiger partial charge in [0.2, 0.25) is 11.7 Å². The molecule has 0 radical (unpaired) electrons. The fraction of sp³-hybridized carbons (Fsp3) is 0.333. The molecule has 1 aliphatic rings. The lowest BCUT2D eigenvalue weighted by Gasteiger charge is -1.99. The van der Waals surface area contributed by atoms with Gasteiger partial charge in [-0.1, -0.05) is 17.3 Å². The van der Waals surface area contributed by atoms with Crippen LogP contribution in [0.25, 0.3) is 11.4 Å². The van der Waals surface area contributed by atoms with Crippen molar-refractivity contribution < 1.29 is 8.91 Å². The maximum atomic E-state index is 13.4. The third-order valence-electron chi connectivity index (χ3n) is 3.07. The second-order valence-electron chi connectivity index (χ2n) is 4.54. The van der Waals surface area contributed by atoms with Crippen molar-refractivity contribution in [3.63, 3.8) is 0 Å². The molecule has 1 heterocycles. The van der Waals surface area contributed by atoms with Crippen molar-refractivity contribution >= 4 is 12.4 Å². The van der Waals surface area contributed by atoms with Crippen molar-refractivity contribution in [1.82, 2.24) is 10.1 Å². The summed E-state index contributed by atoms with van der Waals surface area (Å²) in [5.74, 6) is 0.548. The highest BCUT2D eigenvalue weighted by Crippen LogP contribution is 2.42. The zero-order valence-corrected chi connectivity index (χ0v) is 10.6. The molecule has 18 heavy (non-hydrogen) atoms. The minimum Gasteiger partial charge on any atom is -0.337 e. The van der Waals surface area contributed by atoms with Crippen LogP contribution in [0.5, 0.6) is 0 Å². The molecule has 0 saturated heterocycles. The van der Waals surface area contributed by atoms with E-state index in [9.17, 15) is 4.39 Å². The minimum absolute atomic E-state index is 0. The van der Waals surface area contributed by atoms with E-state index in [-0.39, 0.29) is 18.2 Å². The maximum absolute atomic E-state index is 13.4. The summed E-state index contributed by atoms with van der Waals surface area (Å²) in [6, 6.07) is 4.86. The van der Waals surface area contributed by atoms with Gasteiger partial charge in [-0.05, 0) is 31.4 Å². The Kier molecular flexibility index (Phi) is 3.12. The summed E-state index contributed by atoms with van der Waals surface area (Å²) in [4.78, 5) is 4.22. The molecule has 2 N–H and O–H groups in total. The Labute approximate surface area is 110 Å². The van der Waals surface area contributed by atoms with E-state index < -0.39 is 5.54 Å². The Bertz CT molecular complexity index is 580. The molecule has 1 fully saturated rings. The normalized spacial score (nSPS) is 16.2. The molecule has 4 nitrogen and oxygen atoms in total. The van der Waals surface area contributed by atoms with Crippen molar-refractivity contribution in [2.45, 2.75) is 25.3 Å². The van der Waals surface area contributed by atoms with Crippen molar-refractivity contribution in [3.8, 4) is 11.4 Å². The summed E-state index contributed by atoms with van der Waals surface area (Å²) in [7, 11) is 0. The third-order valence-corrected chi connectivity index (χ3v) is 3.07. The van der Waals surface area contributed by atoms with E-state index in [0.717, 1.165) is 12.8 Å². The topological polar surface area (TPSA) is 64.9 Å². The summed E-state index contributed by atoms with van der Waals surface area (Å²) in [6.07, 6.45) is 1.72. The van der Waals surface area contributed by atoms with Gasteiger partial charge in [-0.2, -0.15) is 4.98 Å². The molecule has 0 amide bonds. The van der Waals surface area contributed by atoms with Crippen LogP contribution in [0.3, 0.4) is 0 Å². The molecule has 1 aromatic carbocycles. The summed E-state index contributed by atoms with van der Waals surface area (Å²) < 4.78 is 18.5. The van der Waals surface area contributed by atoms with Crippen LogP contribution in [0, 0.1) is 12.7 Å². The predicted molar refractivity (Wildman–Crippen MR) is 66.8 cm³/mol. The zero-order valence-electron chi connectivity index (χ0n) is 9.81. The lowest BCUT2D eigenvalue weighted by Crippen LogP contribution is -2.18. The van der Waals surface area contributed by atoms with Crippen LogP contribution < -0.4 is 5.73 Å². The Morgan fingerprint density at radius 1 is 1.39 bits per heavy atom. The smallest absolute Gasteiger partial charge is 0.247 e. The van der Waals surface area contributed by atoms with Crippen LogP contribution >= 0.6 is 12.4 Å². The number of aromatic nitrogens is 2. The van der Waals surface area contributed by atoms with Gasteiger partial charge in [-0.15, -0.1) is 12.4 Å². The number of hydrogen-bond acceptors (Lipinski definition) is 4. The molecular formula is C12H13ClFN3O. The fourth-order valence-electron chi connectivity index (χ4n) is 1.62. The molecule has 1 aromatic heterocycles. The highest BCUT2D eigenvalue weighted by atomic mass is 35.5. The standard InChI is InChI=1S/C12H12FN3O.ClH/c1-7-2-3-8(6-9(7)13)10-15-11(17-16-10)12(14)4-5-12;/h2-3,6H,4-5,14H2,1H3;1H. The average molecular weight is 270 g/mol. The highest BCUT2D eigenvalue weighted by molar-refractivity contribution is 5.85. The van der Waals surface area contributed by atoms with Crippen molar-refractivity contribution in [2.75, 3.05) is 0 Å². The number of nitrogens with two attached hydrogens (primary N) is 1. The SMILES string of the molecule is Cc1ccc(-c2noc(C3(N)CC3)n2)cc1F.Cl. The molecule has 0 bridgehead atoms. The number of aryl methyl sites for hydroxylation is 1. The van der Waals surface area contributed by atoms with Crippen LogP contribution in [-0.4, -0.2) is 10.1 Å². The van der Waals surface area contributed by atoms with E-state index in [1.807, 2.05) is 0 Å². The summed E-state index contributed by atoms with van der Waals surface area (Å²) >= 11 is 0. The quantitative estimate of drug-likeness (QED) is 0.910. The molecular weight excluding hydrogens is 257 g/mol.